The molecule has 2 rings (SSSR count). The summed E-state index contributed by atoms with van der Waals surface area (Å²) < 4.78 is 0. The lowest BCUT2D eigenvalue weighted by atomic mass is 9.99. The third-order valence-corrected chi connectivity index (χ3v) is 2.57. The van der Waals surface area contributed by atoms with Crippen LogP contribution in [-0.4, -0.2) is 24.5 Å². The molecule has 2 unspecified atom stereocenters. The lowest BCUT2D eigenvalue weighted by Gasteiger charge is -2.29. The van der Waals surface area contributed by atoms with Crippen LogP contribution in [0.4, 0.5) is 0 Å². The van der Waals surface area contributed by atoms with Crippen molar-refractivity contribution in [2.45, 2.75) is 18.9 Å². The molecule has 1 aliphatic heterocycles. The molecule has 0 radical (unpaired) electrons. The maximum atomic E-state index is 2.44. The van der Waals surface area contributed by atoms with Gasteiger partial charge in [-0.3, -0.25) is 4.90 Å². The van der Waals surface area contributed by atoms with Gasteiger partial charge in [-0.15, -0.1) is 0 Å². The Labute approximate surface area is 56.4 Å². The smallest absolute Gasteiger partial charge is 0.0280 e. The summed E-state index contributed by atoms with van der Waals surface area (Å²) in [6, 6.07) is 0.781. The van der Waals surface area contributed by atoms with Crippen LogP contribution >= 0.6 is 0 Å². The summed E-state index contributed by atoms with van der Waals surface area (Å²) in [6.07, 6.45) is 7.51. The fourth-order valence-electron chi connectivity index (χ4n) is 1.83. The fraction of sp³-hybridized carbons (Fsp3) is 0.750. The number of hydrogen-bond acceptors (Lipinski definition) is 1. The lowest BCUT2D eigenvalue weighted by Crippen LogP contribution is -2.34. The van der Waals surface area contributed by atoms with Gasteiger partial charge in [0.25, 0.3) is 0 Å². The van der Waals surface area contributed by atoms with Crippen molar-refractivity contribution in [3.63, 3.8) is 0 Å². The number of allylic oxidation sites excluding steroid dienone is 1. The number of hydrogen-bond donors (Lipinski definition) is 0. The van der Waals surface area contributed by atoms with Crippen LogP contribution in [0, 0.1) is 5.92 Å². The summed E-state index contributed by atoms with van der Waals surface area (Å²) in [5, 5.41) is 0. The average Bonchev–Trinajstić information content (AvgIpc) is 2.25. The van der Waals surface area contributed by atoms with E-state index in [-0.39, 0.29) is 0 Å². The van der Waals surface area contributed by atoms with Crippen LogP contribution in [0.15, 0.2) is 12.2 Å². The lowest BCUT2D eigenvalue weighted by molar-refractivity contribution is 0.210. The normalized spacial score (nSPS) is 41.9. The molecule has 1 fully saturated rings. The number of nitrogens with zero attached hydrogens (tertiary/aromatic N) is 1. The van der Waals surface area contributed by atoms with E-state index in [1.807, 2.05) is 0 Å². The molecule has 2 bridgehead atoms. The monoisotopic (exact) mass is 123 g/mol. The van der Waals surface area contributed by atoms with Gasteiger partial charge in [0.1, 0.15) is 0 Å². The summed E-state index contributed by atoms with van der Waals surface area (Å²) in [7, 11) is 2.22. The summed E-state index contributed by atoms with van der Waals surface area (Å²) >= 11 is 0. The Morgan fingerprint density at radius 3 is 3.11 bits per heavy atom. The Morgan fingerprint density at radius 1 is 1.44 bits per heavy atom. The van der Waals surface area contributed by atoms with Crippen LogP contribution < -0.4 is 0 Å². The Hall–Kier alpha value is -0.300. The topological polar surface area (TPSA) is 3.24 Å². The Balaban J connectivity index is 2.14. The van der Waals surface area contributed by atoms with Gasteiger partial charge < -0.3 is 0 Å². The highest BCUT2D eigenvalue weighted by atomic mass is 15.1. The van der Waals surface area contributed by atoms with Crippen molar-refractivity contribution in [1.82, 2.24) is 4.90 Å². The van der Waals surface area contributed by atoms with E-state index in [0.717, 1.165) is 12.0 Å². The first kappa shape index (κ1) is 5.48. The van der Waals surface area contributed by atoms with E-state index in [1.54, 1.807) is 0 Å². The molecule has 1 heterocycles. The van der Waals surface area contributed by atoms with Gasteiger partial charge in [0.15, 0.2) is 0 Å². The maximum absolute atomic E-state index is 2.44. The highest BCUT2D eigenvalue weighted by molar-refractivity contribution is 5.08. The molecule has 1 aliphatic carbocycles. The second-order valence-electron chi connectivity index (χ2n) is 3.22. The molecular weight excluding hydrogens is 110 g/mol. The van der Waals surface area contributed by atoms with Crippen molar-refractivity contribution in [2.24, 2.45) is 5.92 Å². The molecule has 50 valence electrons. The van der Waals surface area contributed by atoms with Gasteiger partial charge in [0.05, 0.1) is 0 Å². The molecule has 0 aromatic carbocycles. The van der Waals surface area contributed by atoms with Gasteiger partial charge in [-0.1, -0.05) is 12.2 Å². The van der Waals surface area contributed by atoms with Crippen LogP contribution in [0.25, 0.3) is 0 Å². The zero-order valence-electron chi connectivity index (χ0n) is 5.88. The zero-order chi connectivity index (χ0) is 6.27. The molecule has 1 heteroatoms. The second-order valence-corrected chi connectivity index (χ2v) is 3.22. The van der Waals surface area contributed by atoms with E-state index >= 15 is 0 Å². The molecule has 0 N–H and O–H groups in total. The third-order valence-electron chi connectivity index (χ3n) is 2.57. The Bertz CT molecular complexity index is 140. The zero-order valence-corrected chi connectivity index (χ0v) is 5.88. The summed E-state index contributed by atoms with van der Waals surface area (Å²) in [5.41, 5.74) is 0. The standard InChI is InChI=1S/C8H13N/c1-9-5-4-7-2-3-8(9)6-7/h2-3,7-8H,4-6H2,1H3. The first-order valence-corrected chi connectivity index (χ1v) is 3.75. The molecule has 0 amide bonds. The van der Waals surface area contributed by atoms with Gasteiger partial charge in [-0.2, -0.15) is 0 Å². The van der Waals surface area contributed by atoms with Gasteiger partial charge in [-0.05, 0) is 32.4 Å². The summed E-state index contributed by atoms with van der Waals surface area (Å²) in [5.74, 6) is 0.922. The minimum absolute atomic E-state index is 0.781. The second kappa shape index (κ2) is 1.84. The number of likely N-dealkylation sites (N-methyl/N-ethyl adjacent to an activating group) is 1. The number of piperidine rings is 1. The SMILES string of the molecule is CN1CCC2C=CC1C2. The first-order valence-electron chi connectivity index (χ1n) is 3.75. The molecule has 0 aromatic heterocycles. The van der Waals surface area contributed by atoms with Crippen molar-refractivity contribution < 1.29 is 0 Å². The van der Waals surface area contributed by atoms with Crippen LogP contribution in [0.1, 0.15) is 12.8 Å². The maximum Gasteiger partial charge on any atom is 0.0280 e. The molecule has 1 nitrogen and oxygen atoms in total. The predicted molar refractivity (Wildman–Crippen MR) is 38.3 cm³/mol. The van der Waals surface area contributed by atoms with Crippen LogP contribution in [0.5, 0.6) is 0 Å². The highest BCUT2D eigenvalue weighted by Gasteiger charge is 2.26. The van der Waals surface area contributed by atoms with E-state index in [1.165, 1.54) is 19.4 Å². The number of likely N-dealkylation sites (tertiary alicyclic amines) is 1. The highest BCUT2D eigenvalue weighted by Crippen LogP contribution is 2.29. The van der Waals surface area contributed by atoms with E-state index in [0.29, 0.717) is 0 Å². The molecule has 2 aliphatic rings. The van der Waals surface area contributed by atoms with Crippen molar-refractivity contribution in [2.75, 3.05) is 13.6 Å². The van der Waals surface area contributed by atoms with E-state index < -0.39 is 0 Å². The minimum atomic E-state index is 0.781. The first-order chi connectivity index (χ1) is 4.36. The van der Waals surface area contributed by atoms with Gasteiger partial charge in [0.2, 0.25) is 0 Å². The largest absolute Gasteiger partial charge is 0.300 e. The quantitative estimate of drug-likeness (QED) is 0.438. The number of fused-ring (bicyclic) bond motifs is 2. The summed E-state index contributed by atoms with van der Waals surface area (Å²) in [4.78, 5) is 2.44. The Morgan fingerprint density at radius 2 is 2.33 bits per heavy atom. The van der Waals surface area contributed by atoms with Crippen LogP contribution in [0.2, 0.25) is 0 Å². The van der Waals surface area contributed by atoms with E-state index in [4.69, 9.17) is 0 Å². The number of rotatable bonds is 0. The molecule has 2 atom stereocenters. The summed E-state index contributed by atoms with van der Waals surface area (Å²) in [6.45, 7) is 1.29. The van der Waals surface area contributed by atoms with E-state index in [2.05, 4.69) is 24.1 Å². The molecule has 0 aromatic rings. The van der Waals surface area contributed by atoms with Crippen LogP contribution in [-0.2, 0) is 0 Å². The third kappa shape index (κ3) is 0.799. The minimum Gasteiger partial charge on any atom is -0.300 e. The van der Waals surface area contributed by atoms with Crippen molar-refractivity contribution in [3.05, 3.63) is 12.2 Å². The molecule has 0 spiro atoms. The van der Waals surface area contributed by atoms with Gasteiger partial charge in [0, 0.05) is 6.04 Å². The average molecular weight is 123 g/mol. The molecule has 1 saturated heterocycles. The van der Waals surface area contributed by atoms with Crippen molar-refractivity contribution in [3.8, 4) is 0 Å². The molecule has 0 saturated carbocycles. The van der Waals surface area contributed by atoms with E-state index in [9.17, 15) is 0 Å². The Kier molecular flexibility index (Phi) is 1.12. The van der Waals surface area contributed by atoms with Crippen molar-refractivity contribution in [1.29, 1.82) is 0 Å². The molecule has 9 heavy (non-hydrogen) atoms. The van der Waals surface area contributed by atoms with Crippen molar-refractivity contribution >= 4 is 0 Å². The predicted octanol–water partition coefficient (Wildman–Crippen LogP) is 1.27. The fourth-order valence-corrected chi connectivity index (χ4v) is 1.83. The van der Waals surface area contributed by atoms with Gasteiger partial charge >= 0.3 is 0 Å². The van der Waals surface area contributed by atoms with Gasteiger partial charge in [-0.25, -0.2) is 0 Å². The molecular formula is C8H13N. The van der Waals surface area contributed by atoms with Crippen LogP contribution in [0.3, 0.4) is 0 Å².